The van der Waals surface area contributed by atoms with E-state index in [1.165, 1.54) is 24.1 Å². The maximum absolute atomic E-state index is 12.9. The van der Waals surface area contributed by atoms with Gasteiger partial charge in [-0.3, -0.25) is 4.79 Å². The van der Waals surface area contributed by atoms with Gasteiger partial charge < -0.3 is 9.47 Å². The summed E-state index contributed by atoms with van der Waals surface area (Å²) in [6.45, 7) is -3.01. The van der Waals surface area contributed by atoms with Crippen molar-refractivity contribution in [2.45, 2.75) is 6.61 Å². The zero-order chi connectivity index (χ0) is 21.1. The van der Waals surface area contributed by atoms with Gasteiger partial charge in [0.1, 0.15) is 5.69 Å². The quantitative estimate of drug-likeness (QED) is 0.485. The zero-order valence-corrected chi connectivity index (χ0v) is 15.8. The largest absolute Gasteiger partial charge is 0.491 e. The van der Waals surface area contributed by atoms with E-state index in [1.54, 1.807) is 35.1 Å². The summed E-state index contributed by atoms with van der Waals surface area (Å²) in [5.41, 5.74) is 0.963. The first-order valence-corrected chi connectivity index (χ1v) is 8.90. The molecule has 0 bridgehead atoms. The molecule has 30 heavy (non-hydrogen) atoms. The Balaban J connectivity index is 1.91. The molecule has 0 aliphatic carbocycles. The Kier molecular flexibility index (Phi) is 5.25. The Bertz CT molecular complexity index is 1220. The number of ether oxygens (including phenoxy) is 2. The van der Waals surface area contributed by atoms with Crippen LogP contribution in [0.15, 0.2) is 77.9 Å². The van der Waals surface area contributed by atoms with Crippen LogP contribution in [0.25, 0.3) is 22.8 Å². The molecule has 0 aliphatic rings. The summed E-state index contributed by atoms with van der Waals surface area (Å²) in [4.78, 5) is 12.9. The van der Waals surface area contributed by atoms with E-state index in [0.29, 0.717) is 5.69 Å². The molecule has 0 spiro atoms. The van der Waals surface area contributed by atoms with Gasteiger partial charge in [-0.15, -0.1) is 0 Å². The molecule has 152 valence electrons. The molecule has 7 nitrogen and oxygen atoms in total. The number of alkyl halides is 2. The van der Waals surface area contributed by atoms with Crippen LogP contribution in [0.1, 0.15) is 0 Å². The van der Waals surface area contributed by atoms with Crippen LogP contribution in [0.5, 0.6) is 11.5 Å². The number of halogens is 2. The molecule has 0 aliphatic heterocycles. The van der Waals surface area contributed by atoms with E-state index in [9.17, 15) is 13.6 Å². The minimum atomic E-state index is -3.01. The number of benzene rings is 2. The standard InChI is InChI=1S/C21H16F2N4O3/c1-29-18-13-26(15-9-5-6-10-17(15)30-21(22)23)25-19(20(18)28)16-11-12-24-27(16)14-7-3-2-4-8-14/h2-13,21H,1H3. The molecule has 0 amide bonds. The van der Waals surface area contributed by atoms with Crippen molar-refractivity contribution in [1.29, 1.82) is 0 Å². The Morgan fingerprint density at radius 1 is 0.967 bits per heavy atom. The molecule has 0 atom stereocenters. The van der Waals surface area contributed by atoms with Crippen LogP contribution in [0.2, 0.25) is 0 Å². The van der Waals surface area contributed by atoms with Crippen LogP contribution in [-0.2, 0) is 0 Å². The molecular weight excluding hydrogens is 394 g/mol. The highest BCUT2D eigenvalue weighted by molar-refractivity contribution is 5.59. The molecule has 0 saturated heterocycles. The van der Waals surface area contributed by atoms with Crippen molar-refractivity contribution >= 4 is 0 Å². The fourth-order valence-corrected chi connectivity index (χ4v) is 3.00. The Labute approximate surface area is 169 Å². The van der Waals surface area contributed by atoms with Gasteiger partial charge in [-0.1, -0.05) is 30.3 Å². The third-order valence-electron chi connectivity index (χ3n) is 4.32. The first-order valence-electron chi connectivity index (χ1n) is 8.90. The number of hydrogen-bond donors (Lipinski definition) is 0. The number of aromatic nitrogens is 4. The SMILES string of the molecule is COc1cn(-c2ccccc2OC(F)F)nc(-c2ccnn2-c2ccccc2)c1=O. The van der Waals surface area contributed by atoms with Crippen molar-refractivity contribution in [3.63, 3.8) is 0 Å². The second-order valence-electron chi connectivity index (χ2n) is 6.13. The van der Waals surface area contributed by atoms with Gasteiger partial charge in [0.15, 0.2) is 17.2 Å². The van der Waals surface area contributed by atoms with Gasteiger partial charge in [-0.2, -0.15) is 19.0 Å². The van der Waals surface area contributed by atoms with Crippen molar-refractivity contribution in [2.75, 3.05) is 7.11 Å². The fraction of sp³-hybridized carbons (Fsp3) is 0.0952. The molecule has 0 N–H and O–H groups in total. The molecule has 0 radical (unpaired) electrons. The molecular formula is C21H16F2N4O3. The van der Waals surface area contributed by atoms with Crippen molar-refractivity contribution < 1.29 is 18.3 Å². The van der Waals surface area contributed by atoms with E-state index in [2.05, 4.69) is 14.9 Å². The molecule has 0 unspecified atom stereocenters. The van der Waals surface area contributed by atoms with Crippen LogP contribution in [0.4, 0.5) is 8.78 Å². The third kappa shape index (κ3) is 3.64. The first kappa shape index (κ1) is 19.3. The summed E-state index contributed by atoms with van der Waals surface area (Å²) in [5, 5.41) is 8.67. The molecule has 4 rings (SSSR count). The van der Waals surface area contributed by atoms with E-state index < -0.39 is 12.0 Å². The van der Waals surface area contributed by atoms with Gasteiger partial charge >= 0.3 is 6.61 Å². The first-order chi connectivity index (χ1) is 14.6. The normalized spacial score (nSPS) is 10.9. The maximum Gasteiger partial charge on any atom is 0.387 e. The second-order valence-corrected chi connectivity index (χ2v) is 6.13. The number of methoxy groups -OCH3 is 1. The minimum absolute atomic E-state index is 0.00679. The van der Waals surface area contributed by atoms with E-state index in [4.69, 9.17) is 4.74 Å². The maximum atomic E-state index is 12.9. The van der Waals surface area contributed by atoms with Gasteiger partial charge in [0.25, 0.3) is 5.43 Å². The highest BCUT2D eigenvalue weighted by Gasteiger charge is 2.19. The summed E-state index contributed by atoms with van der Waals surface area (Å²) in [6.07, 6.45) is 2.86. The average Bonchev–Trinajstić information content (AvgIpc) is 3.24. The second kappa shape index (κ2) is 8.16. The van der Waals surface area contributed by atoms with E-state index in [-0.39, 0.29) is 22.9 Å². The smallest absolute Gasteiger partial charge is 0.387 e. The van der Waals surface area contributed by atoms with Crippen molar-refractivity contribution in [3.8, 4) is 34.3 Å². The van der Waals surface area contributed by atoms with Crippen LogP contribution < -0.4 is 14.9 Å². The molecule has 2 aromatic heterocycles. The molecule has 0 saturated carbocycles. The summed E-state index contributed by atoms with van der Waals surface area (Å²) < 4.78 is 38.3. The van der Waals surface area contributed by atoms with Crippen molar-refractivity contribution in [2.24, 2.45) is 0 Å². The number of hydrogen-bond acceptors (Lipinski definition) is 5. The molecule has 4 aromatic rings. The topological polar surface area (TPSA) is 71.2 Å². The van der Waals surface area contributed by atoms with Crippen molar-refractivity contribution in [1.82, 2.24) is 19.6 Å². The fourth-order valence-electron chi connectivity index (χ4n) is 3.00. The summed E-state index contributed by atoms with van der Waals surface area (Å²) >= 11 is 0. The van der Waals surface area contributed by atoms with Gasteiger partial charge in [-0.05, 0) is 30.3 Å². The molecule has 9 heteroatoms. The predicted molar refractivity (Wildman–Crippen MR) is 106 cm³/mol. The van der Waals surface area contributed by atoms with E-state index in [1.807, 2.05) is 30.3 Å². The summed E-state index contributed by atoms with van der Waals surface area (Å²) in [6, 6.07) is 17.0. The van der Waals surface area contributed by atoms with Crippen LogP contribution in [-0.4, -0.2) is 33.3 Å². The summed E-state index contributed by atoms with van der Waals surface area (Å²) in [7, 11) is 1.35. The lowest BCUT2D eigenvalue weighted by Crippen LogP contribution is -2.18. The highest BCUT2D eigenvalue weighted by atomic mass is 19.3. The van der Waals surface area contributed by atoms with Crippen molar-refractivity contribution in [3.05, 3.63) is 83.3 Å². The Morgan fingerprint density at radius 3 is 2.43 bits per heavy atom. The highest BCUT2D eigenvalue weighted by Crippen LogP contribution is 2.26. The van der Waals surface area contributed by atoms with E-state index in [0.717, 1.165) is 5.69 Å². The molecule has 2 heterocycles. The average molecular weight is 410 g/mol. The van der Waals surface area contributed by atoms with Gasteiger partial charge in [0.05, 0.1) is 30.9 Å². The van der Waals surface area contributed by atoms with Crippen LogP contribution in [0, 0.1) is 0 Å². The predicted octanol–water partition coefficient (Wildman–Crippen LogP) is 3.70. The minimum Gasteiger partial charge on any atom is -0.491 e. The van der Waals surface area contributed by atoms with Gasteiger partial charge in [0, 0.05) is 0 Å². The van der Waals surface area contributed by atoms with Gasteiger partial charge in [-0.25, -0.2) is 9.36 Å². The molecule has 0 fully saturated rings. The monoisotopic (exact) mass is 410 g/mol. The van der Waals surface area contributed by atoms with Gasteiger partial charge in [0.2, 0.25) is 0 Å². The third-order valence-corrected chi connectivity index (χ3v) is 4.32. The Hall–Kier alpha value is -4.01. The van der Waals surface area contributed by atoms with E-state index >= 15 is 0 Å². The lowest BCUT2D eigenvalue weighted by atomic mass is 10.2. The lowest BCUT2D eigenvalue weighted by Gasteiger charge is -2.14. The summed E-state index contributed by atoms with van der Waals surface area (Å²) in [5.74, 6) is -0.0964. The van der Waals surface area contributed by atoms with Crippen LogP contribution >= 0.6 is 0 Å². The van der Waals surface area contributed by atoms with Crippen LogP contribution in [0.3, 0.4) is 0 Å². The molecule has 2 aromatic carbocycles. The zero-order valence-electron chi connectivity index (χ0n) is 15.8. The number of nitrogens with zero attached hydrogens (tertiary/aromatic N) is 4. The Morgan fingerprint density at radius 2 is 1.70 bits per heavy atom. The lowest BCUT2D eigenvalue weighted by molar-refractivity contribution is -0.0499. The number of para-hydroxylation sites is 3. The number of rotatable bonds is 6.